The normalized spacial score (nSPS) is 46.8. The summed E-state index contributed by atoms with van der Waals surface area (Å²) in [5.41, 5.74) is 26.7. The largest absolute Gasteiger partial charge is 0.396 e. The molecule has 4 fully saturated rings. The van der Waals surface area contributed by atoms with Crippen molar-refractivity contribution < 1.29 is 5.11 Å². The summed E-state index contributed by atoms with van der Waals surface area (Å²) in [7, 11) is 0. The zero-order valence-electron chi connectivity index (χ0n) is 22.4. The number of hydrogen-bond acceptors (Lipinski definition) is 5. The van der Waals surface area contributed by atoms with Crippen LogP contribution >= 0.6 is 0 Å². The predicted octanol–water partition coefficient (Wildman–Crippen LogP) is 4.00. The van der Waals surface area contributed by atoms with E-state index in [2.05, 4.69) is 20.8 Å². The van der Waals surface area contributed by atoms with Gasteiger partial charge in [-0.05, 0) is 129 Å². The second kappa shape index (κ2) is 10.7. The smallest absolute Gasteiger partial charge is 0.0459 e. The average Bonchev–Trinajstić information content (AvgIpc) is 3.16. The fourth-order valence-electron chi connectivity index (χ4n) is 10.1. The molecule has 4 saturated carbocycles. The summed E-state index contributed by atoms with van der Waals surface area (Å²) in [6.07, 6.45) is 14.4. The standard InChI is InChI=1S/C29H56N4O/c1-18(17-34)22-7-8-23-27-24(10-12-29(22,23)3)28(2)11-9-19(14-20(28)15-26(27)33)25(32)16-21(31)6-4-5-13-30/h18-27,34H,4-17,30-33H2,1-3H3/t18-,19-,20-,21?,22?,23?,24?,25?,26-,27?,28+,29-/m1/s1. The van der Waals surface area contributed by atoms with Gasteiger partial charge in [0.2, 0.25) is 0 Å². The molecule has 198 valence electrons. The summed E-state index contributed by atoms with van der Waals surface area (Å²) in [6, 6.07) is 0.751. The van der Waals surface area contributed by atoms with E-state index in [0.717, 1.165) is 44.1 Å². The maximum Gasteiger partial charge on any atom is 0.0459 e. The predicted molar refractivity (Wildman–Crippen MR) is 142 cm³/mol. The molecule has 0 radical (unpaired) electrons. The first-order chi connectivity index (χ1) is 16.2. The number of hydrogen-bond donors (Lipinski definition) is 5. The van der Waals surface area contributed by atoms with Crippen LogP contribution in [0.3, 0.4) is 0 Å². The number of fused-ring (bicyclic) bond motifs is 5. The Bertz CT molecular complexity index is 675. The van der Waals surface area contributed by atoms with Crippen molar-refractivity contribution in [1.29, 1.82) is 0 Å². The van der Waals surface area contributed by atoms with Crippen molar-refractivity contribution in [2.24, 2.45) is 75.2 Å². The van der Waals surface area contributed by atoms with E-state index in [9.17, 15) is 5.11 Å². The fourth-order valence-corrected chi connectivity index (χ4v) is 10.1. The average molecular weight is 477 g/mol. The third kappa shape index (κ3) is 4.74. The Kier molecular flexibility index (Phi) is 8.41. The molecule has 5 heteroatoms. The first-order valence-corrected chi connectivity index (χ1v) is 14.7. The van der Waals surface area contributed by atoms with Gasteiger partial charge in [0.1, 0.15) is 0 Å². The fraction of sp³-hybridized carbons (Fsp3) is 1.00. The lowest BCUT2D eigenvalue weighted by molar-refractivity contribution is -0.131. The van der Waals surface area contributed by atoms with E-state index in [0.29, 0.717) is 53.1 Å². The van der Waals surface area contributed by atoms with Crippen LogP contribution in [0.2, 0.25) is 0 Å². The number of nitrogens with two attached hydrogens (primary N) is 4. The van der Waals surface area contributed by atoms with Crippen LogP contribution in [-0.2, 0) is 0 Å². The molecule has 0 aromatic heterocycles. The molecular weight excluding hydrogens is 420 g/mol. The van der Waals surface area contributed by atoms with Gasteiger partial charge in [0.15, 0.2) is 0 Å². The molecule has 6 unspecified atom stereocenters. The van der Waals surface area contributed by atoms with Gasteiger partial charge in [-0.2, -0.15) is 0 Å². The monoisotopic (exact) mass is 476 g/mol. The first kappa shape index (κ1) is 26.9. The molecule has 0 amide bonds. The van der Waals surface area contributed by atoms with Crippen LogP contribution in [0.1, 0.15) is 97.8 Å². The summed E-state index contributed by atoms with van der Waals surface area (Å²) in [5.74, 6) is 4.54. The summed E-state index contributed by atoms with van der Waals surface area (Å²) in [6.45, 7) is 8.51. The van der Waals surface area contributed by atoms with E-state index in [1.54, 1.807) is 0 Å². The van der Waals surface area contributed by atoms with Crippen molar-refractivity contribution in [3.05, 3.63) is 0 Å². The van der Waals surface area contributed by atoms with E-state index < -0.39 is 0 Å². The molecule has 0 heterocycles. The van der Waals surface area contributed by atoms with E-state index in [4.69, 9.17) is 22.9 Å². The van der Waals surface area contributed by atoms with Crippen molar-refractivity contribution in [1.82, 2.24) is 0 Å². The summed E-state index contributed by atoms with van der Waals surface area (Å²) >= 11 is 0. The molecule has 34 heavy (non-hydrogen) atoms. The minimum Gasteiger partial charge on any atom is -0.396 e. The Morgan fingerprint density at radius 2 is 1.65 bits per heavy atom. The summed E-state index contributed by atoms with van der Waals surface area (Å²) < 4.78 is 0. The quantitative estimate of drug-likeness (QED) is 0.322. The van der Waals surface area contributed by atoms with E-state index in [1.165, 1.54) is 51.4 Å². The van der Waals surface area contributed by atoms with Gasteiger partial charge in [0.05, 0.1) is 0 Å². The van der Waals surface area contributed by atoms with Gasteiger partial charge < -0.3 is 28.0 Å². The Hall–Kier alpha value is -0.200. The Morgan fingerprint density at radius 1 is 0.941 bits per heavy atom. The molecule has 0 aliphatic heterocycles. The number of rotatable bonds is 9. The Balaban J connectivity index is 1.42. The zero-order valence-corrected chi connectivity index (χ0v) is 22.4. The van der Waals surface area contributed by atoms with Crippen molar-refractivity contribution >= 4 is 0 Å². The highest BCUT2D eigenvalue weighted by molar-refractivity contribution is 5.12. The highest BCUT2D eigenvalue weighted by Crippen LogP contribution is 2.68. The van der Waals surface area contributed by atoms with Gasteiger partial charge >= 0.3 is 0 Å². The second-order valence-corrected chi connectivity index (χ2v) is 13.8. The van der Waals surface area contributed by atoms with Crippen LogP contribution in [0.4, 0.5) is 0 Å². The lowest BCUT2D eigenvalue weighted by Crippen LogP contribution is -2.61. The van der Waals surface area contributed by atoms with Crippen LogP contribution in [0.15, 0.2) is 0 Å². The van der Waals surface area contributed by atoms with Crippen LogP contribution < -0.4 is 22.9 Å². The van der Waals surface area contributed by atoms with Gasteiger partial charge in [-0.3, -0.25) is 0 Å². The minimum atomic E-state index is 0.209. The molecule has 0 saturated heterocycles. The summed E-state index contributed by atoms with van der Waals surface area (Å²) in [4.78, 5) is 0. The second-order valence-electron chi connectivity index (χ2n) is 13.8. The third-order valence-electron chi connectivity index (χ3n) is 12.1. The molecular formula is C29H56N4O. The Labute approximate surface area is 209 Å². The molecule has 0 aromatic carbocycles. The van der Waals surface area contributed by atoms with E-state index in [1.807, 2.05) is 0 Å². The van der Waals surface area contributed by atoms with Gasteiger partial charge in [-0.15, -0.1) is 0 Å². The number of unbranched alkanes of at least 4 members (excludes halogenated alkanes) is 1. The maximum atomic E-state index is 9.91. The molecule has 4 aliphatic rings. The molecule has 5 nitrogen and oxygen atoms in total. The molecule has 9 N–H and O–H groups in total. The Morgan fingerprint density at radius 3 is 2.35 bits per heavy atom. The molecule has 0 spiro atoms. The molecule has 4 aliphatic carbocycles. The topological polar surface area (TPSA) is 124 Å². The molecule has 4 rings (SSSR count). The van der Waals surface area contributed by atoms with Gasteiger partial charge in [-0.1, -0.05) is 27.2 Å². The van der Waals surface area contributed by atoms with Crippen molar-refractivity contribution in [3.63, 3.8) is 0 Å². The minimum absolute atomic E-state index is 0.209. The van der Waals surface area contributed by atoms with Gasteiger partial charge in [-0.25, -0.2) is 0 Å². The lowest BCUT2D eigenvalue weighted by Gasteiger charge is -2.63. The summed E-state index contributed by atoms with van der Waals surface area (Å²) in [5, 5.41) is 9.91. The lowest BCUT2D eigenvalue weighted by atomic mass is 9.42. The first-order valence-electron chi connectivity index (χ1n) is 14.7. The third-order valence-corrected chi connectivity index (χ3v) is 12.1. The molecule has 0 bridgehead atoms. The highest BCUT2D eigenvalue weighted by Gasteiger charge is 2.62. The SMILES string of the molecule is C[C@H](CO)C1CCC2C3C(CC[C@@]21C)[C@@]1(C)CC[C@@H](C(N)CC(N)CCCCN)C[C@@H]1C[C@H]3N. The van der Waals surface area contributed by atoms with Crippen LogP contribution in [0, 0.1) is 52.3 Å². The van der Waals surface area contributed by atoms with Crippen LogP contribution in [0.5, 0.6) is 0 Å². The number of aliphatic hydroxyl groups excluding tert-OH is 1. The molecule has 0 aromatic rings. The van der Waals surface area contributed by atoms with E-state index >= 15 is 0 Å². The maximum absolute atomic E-state index is 9.91. The zero-order chi connectivity index (χ0) is 24.7. The van der Waals surface area contributed by atoms with Crippen LogP contribution in [0.25, 0.3) is 0 Å². The van der Waals surface area contributed by atoms with Crippen molar-refractivity contribution in [2.75, 3.05) is 13.2 Å². The van der Waals surface area contributed by atoms with Crippen LogP contribution in [-0.4, -0.2) is 36.4 Å². The van der Waals surface area contributed by atoms with Gasteiger partial charge in [0, 0.05) is 24.7 Å². The van der Waals surface area contributed by atoms with Crippen molar-refractivity contribution in [2.45, 2.75) is 116 Å². The number of aliphatic hydroxyl groups is 1. The van der Waals surface area contributed by atoms with Gasteiger partial charge in [0.25, 0.3) is 0 Å². The van der Waals surface area contributed by atoms with E-state index in [-0.39, 0.29) is 12.1 Å². The highest BCUT2D eigenvalue weighted by atomic mass is 16.3. The van der Waals surface area contributed by atoms with Crippen molar-refractivity contribution in [3.8, 4) is 0 Å². The molecule has 12 atom stereocenters.